The first-order valence-electron chi connectivity index (χ1n) is 3.35. The van der Waals surface area contributed by atoms with Crippen molar-refractivity contribution < 1.29 is 13.9 Å². The number of halogens is 2. The molecule has 0 radical (unpaired) electrons. The molecule has 2 nitrogen and oxygen atoms in total. The van der Waals surface area contributed by atoms with Crippen LogP contribution < -0.4 is 4.74 Å². The van der Waals surface area contributed by atoms with Crippen LogP contribution in [-0.2, 0) is 4.74 Å². The summed E-state index contributed by atoms with van der Waals surface area (Å²) in [7, 11) is 0. The van der Waals surface area contributed by atoms with Gasteiger partial charge in [0, 0.05) is 6.07 Å². The summed E-state index contributed by atoms with van der Waals surface area (Å²) in [5.41, 5.74) is 0. The fourth-order valence-electron chi connectivity index (χ4n) is 0.698. The highest BCUT2D eigenvalue weighted by atomic mass is 127. The second-order valence-electron chi connectivity index (χ2n) is 2.03. The summed E-state index contributed by atoms with van der Waals surface area (Å²) in [6.45, 7) is 0.159. The molecular formula is C8H8FIO2. The Labute approximate surface area is 83.8 Å². The minimum Gasteiger partial charge on any atom is -0.467 e. The van der Waals surface area contributed by atoms with Gasteiger partial charge in [-0.25, -0.2) is 4.39 Å². The van der Waals surface area contributed by atoms with E-state index in [-0.39, 0.29) is 12.6 Å². The molecule has 0 fully saturated rings. The van der Waals surface area contributed by atoms with Gasteiger partial charge in [0.25, 0.3) is 0 Å². The average molecular weight is 282 g/mol. The van der Waals surface area contributed by atoms with Crippen molar-refractivity contribution in [3.8, 4) is 5.75 Å². The maximum atomic E-state index is 12.6. The Balaban J connectivity index is 2.41. The van der Waals surface area contributed by atoms with Crippen LogP contribution >= 0.6 is 22.6 Å². The number of benzene rings is 1. The first-order valence-corrected chi connectivity index (χ1v) is 4.87. The number of hydrogen-bond acceptors (Lipinski definition) is 2. The zero-order valence-corrected chi connectivity index (χ0v) is 8.45. The SMILES string of the molecule is Fc1cccc(OCOCI)c1. The minimum absolute atomic E-state index is 0.159. The zero-order valence-electron chi connectivity index (χ0n) is 6.30. The van der Waals surface area contributed by atoms with E-state index in [9.17, 15) is 4.39 Å². The quantitative estimate of drug-likeness (QED) is 0.366. The van der Waals surface area contributed by atoms with Crippen molar-refractivity contribution in [2.75, 3.05) is 11.4 Å². The van der Waals surface area contributed by atoms with Crippen LogP contribution in [0.5, 0.6) is 5.75 Å². The van der Waals surface area contributed by atoms with Gasteiger partial charge in [-0.15, -0.1) is 0 Å². The van der Waals surface area contributed by atoms with Crippen LogP contribution in [-0.4, -0.2) is 11.4 Å². The van der Waals surface area contributed by atoms with Crippen molar-refractivity contribution in [2.24, 2.45) is 0 Å². The lowest BCUT2D eigenvalue weighted by atomic mass is 10.3. The predicted octanol–water partition coefficient (Wildman–Crippen LogP) is 2.57. The van der Waals surface area contributed by atoms with E-state index in [1.807, 2.05) is 0 Å². The Morgan fingerprint density at radius 3 is 2.92 bits per heavy atom. The monoisotopic (exact) mass is 282 g/mol. The normalized spacial score (nSPS) is 9.83. The predicted molar refractivity (Wildman–Crippen MR) is 51.9 cm³/mol. The Bertz CT molecular complexity index is 242. The second-order valence-corrected chi connectivity index (χ2v) is 2.66. The van der Waals surface area contributed by atoms with Gasteiger partial charge in [-0.05, 0) is 12.1 Å². The van der Waals surface area contributed by atoms with E-state index >= 15 is 0 Å². The highest BCUT2D eigenvalue weighted by Gasteiger charge is 1.94. The molecule has 0 unspecified atom stereocenters. The van der Waals surface area contributed by atoms with Crippen LogP contribution in [0.15, 0.2) is 24.3 Å². The third-order valence-corrected chi connectivity index (χ3v) is 1.62. The summed E-state index contributed by atoms with van der Waals surface area (Å²) in [5.74, 6) is 0.182. The first kappa shape index (κ1) is 9.73. The second kappa shape index (κ2) is 5.31. The standard InChI is InChI=1S/C8H8FIO2/c9-7-2-1-3-8(4-7)12-6-11-5-10/h1-4H,5-6H2. The Morgan fingerprint density at radius 2 is 2.25 bits per heavy atom. The van der Waals surface area contributed by atoms with E-state index in [0.29, 0.717) is 10.4 Å². The average Bonchev–Trinajstić information content (AvgIpc) is 2.05. The fourth-order valence-corrected chi connectivity index (χ4v) is 0.878. The maximum Gasteiger partial charge on any atom is 0.189 e. The van der Waals surface area contributed by atoms with Crippen LogP contribution in [0, 0.1) is 5.82 Å². The fraction of sp³-hybridized carbons (Fsp3) is 0.250. The van der Waals surface area contributed by atoms with Crippen molar-refractivity contribution in [1.82, 2.24) is 0 Å². The molecule has 0 aliphatic rings. The molecule has 0 aromatic heterocycles. The van der Waals surface area contributed by atoms with Gasteiger partial charge in [0.05, 0.1) is 0 Å². The molecular weight excluding hydrogens is 274 g/mol. The van der Waals surface area contributed by atoms with Crippen molar-refractivity contribution >= 4 is 22.6 Å². The van der Waals surface area contributed by atoms with Crippen LogP contribution in [0.3, 0.4) is 0 Å². The molecule has 4 heteroatoms. The van der Waals surface area contributed by atoms with Crippen molar-refractivity contribution in [3.05, 3.63) is 30.1 Å². The van der Waals surface area contributed by atoms with Gasteiger partial charge >= 0.3 is 0 Å². The van der Waals surface area contributed by atoms with E-state index in [1.165, 1.54) is 12.1 Å². The third kappa shape index (κ3) is 3.36. The largest absolute Gasteiger partial charge is 0.467 e. The minimum atomic E-state index is -0.304. The summed E-state index contributed by atoms with van der Waals surface area (Å²) in [6.07, 6.45) is 0. The number of alkyl halides is 1. The topological polar surface area (TPSA) is 18.5 Å². The van der Waals surface area contributed by atoms with Crippen LogP contribution in [0.1, 0.15) is 0 Å². The van der Waals surface area contributed by atoms with E-state index in [2.05, 4.69) is 22.6 Å². The molecule has 0 atom stereocenters. The molecule has 0 amide bonds. The number of rotatable bonds is 4. The van der Waals surface area contributed by atoms with Crippen LogP contribution in [0.4, 0.5) is 4.39 Å². The zero-order chi connectivity index (χ0) is 8.81. The lowest BCUT2D eigenvalue weighted by Gasteiger charge is -2.04. The maximum absolute atomic E-state index is 12.6. The highest BCUT2D eigenvalue weighted by molar-refractivity contribution is 14.1. The molecule has 0 saturated carbocycles. The molecule has 0 aliphatic carbocycles. The lowest BCUT2D eigenvalue weighted by molar-refractivity contribution is 0.0465. The summed E-state index contributed by atoms with van der Waals surface area (Å²) in [5, 5.41) is 0. The lowest BCUT2D eigenvalue weighted by Crippen LogP contribution is -2.00. The molecule has 0 spiro atoms. The number of hydrogen-bond donors (Lipinski definition) is 0. The highest BCUT2D eigenvalue weighted by Crippen LogP contribution is 2.11. The molecule has 0 bridgehead atoms. The molecule has 1 rings (SSSR count). The summed E-state index contributed by atoms with van der Waals surface area (Å²) in [4.78, 5) is 0. The van der Waals surface area contributed by atoms with Gasteiger partial charge in [0.15, 0.2) is 6.79 Å². The van der Waals surface area contributed by atoms with Crippen molar-refractivity contribution in [1.29, 1.82) is 0 Å². The molecule has 0 saturated heterocycles. The first-order chi connectivity index (χ1) is 5.83. The van der Waals surface area contributed by atoms with Gasteiger partial charge in [-0.1, -0.05) is 28.7 Å². The molecule has 66 valence electrons. The molecule has 1 aromatic carbocycles. The Hall–Kier alpha value is -0.360. The van der Waals surface area contributed by atoms with Crippen LogP contribution in [0.25, 0.3) is 0 Å². The molecule has 1 aromatic rings. The molecule has 0 N–H and O–H groups in total. The van der Waals surface area contributed by atoms with E-state index < -0.39 is 0 Å². The number of ether oxygens (including phenoxy) is 2. The summed E-state index contributed by atoms with van der Waals surface area (Å²) >= 11 is 2.06. The summed E-state index contributed by atoms with van der Waals surface area (Å²) in [6, 6.07) is 5.96. The Morgan fingerprint density at radius 1 is 1.42 bits per heavy atom. The molecule has 0 heterocycles. The molecule has 12 heavy (non-hydrogen) atoms. The van der Waals surface area contributed by atoms with E-state index in [1.54, 1.807) is 12.1 Å². The van der Waals surface area contributed by atoms with Gasteiger partial charge in [-0.3, -0.25) is 0 Å². The van der Waals surface area contributed by atoms with Crippen molar-refractivity contribution in [3.63, 3.8) is 0 Å². The van der Waals surface area contributed by atoms with Gasteiger partial charge in [0.2, 0.25) is 0 Å². The van der Waals surface area contributed by atoms with E-state index in [4.69, 9.17) is 9.47 Å². The van der Waals surface area contributed by atoms with Gasteiger partial charge in [-0.2, -0.15) is 0 Å². The summed E-state index contributed by atoms with van der Waals surface area (Å²) < 4.78 is 23.1. The third-order valence-electron chi connectivity index (χ3n) is 1.18. The molecule has 0 aliphatic heterocycles. The van der Waals surface area contributed by atoms with Crippen molar-refractivity contribution in [2.45, 2.75) is 0 Å². The van der Waals surface area contributed by atoms with Crippen LogP contribution in [0.2, 0.25) is 0 Å². The smallest absolute Gasteiger partial charge is 0.189 e. The van der Waals surface area contributed by atoms with Gasteiger partial charge in [0.1, 0.15) is 16.2 Å². The van der Waals surface area contributed by atoms with Gasteiger partial charge < -0.3 is 9.47 Å². The Kier molecular flexibility index (Phi) is 4.31. The van der Waals surface area contributed by atoms with E-state index in [0.717, 1.165) is 0 Å².